The Morgan fingerprint density at radius 1 is 1.53 bits per heavy atom. The molecule has 0 aromatic heterocycles. The van der Waals surface area contributed by atoms with E-state index in [9.17, 15) is 4.79 Å². The summed E-state index contributed by atoms with van der Waals surface area (Å²) in [5, 5.41) is 0. The molecule has 2 N–H and O–H groups in total. The van der Waals surface area contributed by atoms with Crippen LogP contribution in [0, 0.1) is 5.92 Å². The molecule has 5 nitrogen and oxygen atoms in total. The minimum absolute atomic E-state index is 0.0731. The molecule has 0 aromatic carbocycles. The van der Waals surface area contributed by atoms with E-state index < -0.39 is 5.54 Å². The average Bonchev–Trinajstić information content (AvgIpc) is 3.10. The molecular formula is C12H23NO4. The first-order chi connectivity index (χ1) is 8.04. The molecule has 1 fully saturated rings. The maximum atomic E-state index is 11.9. The van der Waals surface area contributed by atoms with Crippen molar-refractivity contribution in [2.75, 3.05) is 26.9 Å². The van der Waals surface area contributed by atoms with Crippen LogP contribution in [0.5, 0.6) is 0 Å². The Morgan fingerprint density at radius 2 is 2.18 bits per heavy atom. The highest BCUT2D eigenvalue weighted by Crippen LogP contribution is 2.39. The topological polar surface area (TPSA) is 70.8 Å². The molecule has 0 heterocycles. The molecule has 0 spiro atoms. The molecule has 2 atom stereocenters. The van der Waals surface area contributed by atoms with E-state index in [1.54, 1.807) is 14.0 Å². The average molecular weight is 245 g/mol. The predicted molar refractivity (Wildman–Crippen MR) is 63.6 cm³/mol. The maximum absolute atomic E-state index is 11.9. The summed E-state index contributed by atoms with van der Waals surface area (Å²) in [6.45, 7) is 4.70. The molecule has 0 amide bonds. The largest absolute Gasteiger partial charge is 0.465 e. The van der Waals surface area contributed by atoms with E-state index in [2.05, 4.69) is 0 Å². The lowest BCUT2D eigenvalue weighted by Crippen LogP contribution is -2.55. The van der Waals surface area contributed by atoms with E-state index in [0.29, 0.717) is 13.2 Å². The zero-order chi connectivity index (χ0) is 12.9. The third-order valence-electron chi connectivity index (χ3n) is 2.97. The number of nitrogens with two attached hydrogens (primary N) is 1. The number of esters is 1. The van der Waals surface area contributed by atoms with Gasteiger partial charge < -0.3 is 19.9 Å². The minimum atomic E-state index is -0.988. The number of hydrogen-bond acceptors (Lipinski definition) is 5. The molecule has 1 saturated carbocycles. The standard InChI is InChI=1S/C12H23NO4/c1-4-16-11(14)12(13,10-5-6-10)8-17-9(2)7-15-3/h9-10H,4-8,13H2,1-3H3. The van der Waals surface area contributed by atoms with Crippen molar-refractivity contribution in [3.05, 3.63) is 0 Å². The molecule has 1 rings (SSSR count). The van der Waals surface area contributed by atoms with Gasteiger partial charge in [0.2, 0.25) is 0 Å². The summed E-state index contributed by atoms with van der Waals surface area (Å²) in [7, 11) is 1.61. The fourth-order valence-electron chi connectivity index (χ4n) is 1.77. The van der Waals surface area contributed by atoms with E-state index in [1.165, 1.54) is 0 Å². The minimum Gasteiger partial charge on any atom is -0.465 e. The van der Waals surface area contributed by atoms with E-state index in [4.69, 9.17) is 19.9 Å². The summed E-state index contributed by atoms with van der Waals surface area (Å²) in [6.07, 6.45) is 1.87. The van der Waals surface area contributed by atoms with E-state index in [1.807, 2.05) is 6.92 Å². The van der Waals surface area contributed by atoms with Gasteiger partial charge in [0.05, 0.1) is 25.9 Å². The third kappa shape index (κ3) is 3.94. The Hall–Kier alpha value is -0.650. The van der Waals surface area contributed by atoms with Gasteiger partial charge in [0.25, 0.3) is 0 Å². The molecule has 0 bridgehead atoms. The van der Waals surface area contributed by atoms with Crippen LogP contribution in [-0.4, -0.2) is 44.5 Å². The number of carbonyl (C=O) groups excluding carboxylic acids is 1. The lowest BCUT2D eigenvalue weighted by Gasteiger charge is -2.28. The van der Waals surface area contributed by atoms with E-state index >= 15 is 0 Å². The molecule has 1 aliphatic carbocycles. The van der Waals surface area contributed by atoms with Crippen LogP contribution in [0.2, 0.25) is 0 Å². The Balaban J connectivity index is 2.50. The zero-order valence-corrected chi connectivity index (χ0v) is 10.9. The maximum Gasteiger partial charge on any atom is 0.328 e. The first-order valence-electron chi connectivity index (χ1n) is 6.11. The number of rotatable bonds is 8. The SMILES string of the molecule is CCOC(=O)C(N)(COC(C)COC)C1CC1. The molecule has 0 saturated heterocycles. The van der Waals surface area contributed by atoms with Gasteiger partial charge in [-0.1, -0.05) is 0 Å². The van der Waals surface area contributed by atoms with Crippen LogP contribution >= 0.6 is 0 Å². The Bertz CT molecular complexity index is 255. The number of hydrogen-bond donors (Lipinski definition) is 1. The molecule has 0 aliphatic heterocycles. The van der Waals surface area contributed by atoms with Gasteiger partial charge >= 0.3 is 5.97 Å². The highest BCUT2D eigenvalue weighted by atomic mass is 16.5. The Kier molecular flexibility index (Phi) is 5.36. The monoisotopic (exact) mass is 245 g/mol. The zero-order valence-electron chi connectivity index (χ0n) is 10.9. The molecule has 2 unspecified atom stereocenters. The van der Waals surface area contributed by atoms with E-state index in [-0.39, 0.29) is 24.6 Å². The van der Waals surface area contributed by atoms with Crippen molar-refractivity contribution in [1.29, 1.82) is 0 Å². The number of methoxy groups -OCH3 is 1. The second kappa shape index (κ2) is 6.33. The summed E-state index contributed by atoms with van der Waals surface area (Å²) in [6, 6.07) is 0. The van der Waals surface area contributed by atoms with Gasteiger partial charge in [0.15, 0.2) is 0 Å². The van der Waals surface area contributed by atoms with Crippen LogP contribution < -0.4 is 5.73 Å². The molecule has 100 valence electrons. The third-order valence-corrected chi connectivity index (χ3v) is 2.97. The van der Waals surface area contributed by atoms with Gasteiger partial charge in [0.1, 0.15) is 5.54 Å². The Morgan fingerprint density at radius 3 is 2.65 bits per heavy atom. The van der Waals surface area contributed by atoms with Crippen LogP contribution in [0.1, 0.15) is 26.7 Å². The quantitative estimate of drug-likeness (QED) is 0.638. The van der Waals surface area contributed by atoms with Crippen molar-refractivity contribution in [3.63, 3.8) is 0 Å². The lowest BCUT2D eigenvalue weighted by atomic mass is 9.96. The van der Waals surface area contributed by atoms with Crippen molar-refractivity contribution >= 4 is 5.97 Å². The normalized spacial score (nSPS) is 20.7. The van der Waals surface area contributed by atoms with Crippen LogP contribution in [0.4, 0.5) is 0 Å². The highest BCUT2D eigenvalue weighted by Gasteiger charge is 2.49. The summed E-state index contributed by atoms with van der Waals surface area (Å²) < 4.78 is 15.6. The first kappa shape index (κ1) is 14.4. The molecule has 0 aromatic rings. The van der Waals surface area contributed by atoms with Crippen molar-refractivity contribution in [1.82, 2.24) is 0 Å². The second-order valence-electron chi connectivity index (χ2n) is 4.61. The van der Waals surface area contributed by atoms with E-state index in [0.717, 1.165) is 12.8 Å². The molecular weight excluding hydrogens is 222 g/mol. The number of ether oxygens (including phenoxy) is 3. The summed E-state index contributed by atoms with van der Waals surface area (Å²) in [5.41, 5.74) is 5.15. The predicted octanol–water partition coefficient (Wildman–Crippen LogP) is 0.709. The van der Waals surface area contributed by atoms with Crippen molar-refractivity contribution in [2.45, 2.75) is 38.3 Å². The van der Waals surface area contributed by atoms with Crippen LogP contribution in [0.15, 0.2) is 0 Å². The molecule has 1 aliphatic rings. The van der Waals surface area contributed by atoms with Crippen molar-refractivity contribution in [3.8, 4) is 0 Å². The molecule has 0 radical (unpaired) electrons. The van der Waals surface area contributed by atoms with Gasteiger partial charge in [-0.3, -0.25) is 0 Å². The van der Waals surface area contributed by atoms with Crippen LogP contribution in [0.25, 0.3) is 0 Å². The fraction of sp³-hybridized carbons (Fsp3) is 0.917. The van der Waals surface area contributed by atoms with Crippen LogP contribution in [0.3, 0.4) is 0 Å². The van der Waals surface area contributed by atoms with Crippen molar-refractivity contribution < 1.29 is 19.0 Å². The summed E-state index contributed by atoms with van der Waals surface area (Å²) >= 11 is 0. The van der Waals surface area contributed by atoms with Gasteiger partial charge in [-0.15, -0.1) is 0 Å². The fourth-order valence-corrected chi connectivity index (χ4v) is 1.77. The van der Waals surface area contributed by atoms with Crippen molar-refractivity contribution in [2.24, 2.45) is 11.7 Å². The molecule has 5 heteroatoms. The molecule has 17 heavy (non-hydrogen) atoms. The highest BCUT2D eigenvalue weighted by molar-refractivity contribution is 5.81. The number of carbonyl (C=O) groups is 1. The van der Waals surface area contributed by atoms with Crippen LogP contribution in [-0.2, 0) is 19.0 Å². The van der Waals surface area contributed by atoms with Gasteiger partial charge in [-0.2, -0.15) is 0 Å². The first-order valence-corrected chi connectivity index (χ1v) is 6.11. The summed E-state index contributed by atoms with van der Waals surface area (Å²) in [4.78, 5) is 11.9. The van der Waals surface area contributed by atoms with Gasteiger partial charge in [-0.05, 0) is 32.6 Å². The smallest absolute Gasteiger partial charge is 0.328 e. The summed E-state index contributed by atoms with van der Waals surface area (Å²) in [5.74, 6) is -0.164. The second-order valence-corrected chi connectivity index (χ2v) is 4.61. The lowest BCUT2D eigenvalue weighted by molar-refractivity contribution is -0.154. The van der Waals surface area contributed by atoms with Gasteiger partial charge in [-0.25, -0.2) is 4.79 Å². The van der Waals surface area contributed by atoms with Gasteiger partial charge in [0, 0.05) is 7.11 Å². The Labute approximate surface area is 103 Å².